The number of benzene rings is 1. The summed E-state index contributed by atoms with van der Waals surface area (Å²) < 4.78 is 41.8. The molecule has 0 spiro atoms. The van der Waals surface area contributed by atoms with Gasteiger partial charge < -0.3 is 21.3 Å². The Hall–Kier alpha value is -3.44. The first-order valence-corrected chi connectivity index (χ1v) is 13.5. The molecular formula is C28H37F3N4O5. The van der Waals surface area contributed by atoms with E-state index in [1.165, 1.54) is 12.1 Å². The maximum atomic E-state index is 13.9. The van der Waals surface area contributed by atoms with E-state index in [2.05, 4.69) is 21.3 Å². The van der Waals surface area contributed by atoms with Crippen LogP contribution in [-0.4, -0.2) is 60.3 Å². The molecule has 1 aromatic carbocycles. The van der Waals surface area contributed by atoms with E-state index in [-0.39, 0.29) is 24.8 Å². The number of nitrogens with one attached hydrogen (secondary N) is 4. The van der Waals surface area contributed by atoms with Gasteiger partial charge in [-0.1, -0.05) is 51.1 Å². The van der Waals surface area contributed by atoms with Crippen LogP contribution in [0.5, 0.6) is 0 Å². The Morgan fingerprint density at radius 2 is 1.57 bits per heavy atom. The van der Waals surface area contributed by atoms with E-state index >= 15 is 0 Å². The standard InChI is InChI=1S/C28H37F3N4O5/c1-27(2,3)15-21(35-24(38)19(28(29,30)31)13-16-7-5-4-6-8-16)25(39)34-20(14-17-11-12-32-23(17)37)22(36)26(40)33-18-9-10-18/h4-8,17-21H,9-15H2,1-3H3,(H,32,37)(H,33,40)(H,34,39)(H,35,38)/t17-,19+,20?,21-/m0/s1. The van der Waals surface area contributed by atoms with Crippen molar-refractivity contribution >= 4 is 29.4 Å². The lowest BCUT2D eigenvalue weighted by molar-refractivity contribution is -0.183. The number of ketones is 1. The summed E-state index contributed by atoms with van der Waals surface area (Å²) in [6.07, 6.45) is -3.83. The van der Waals surface area contributed by atoms with Gasteiger partial charge >= 0.3 is 6.18 Å². The summed E-state index contributed by atoms with van der Waals surface area (Å²) >= 11 is 0. The lowest BCUT2D eigenvalue weighted by Gasteiger charge is -2.30. The Labute approximate surface area is 231 Å². The summed E-state index contributed by atoms with van der Waals surface area (Å²) in [7, 11) is 0. The second-order valence-electron chi connectivity index (χ2n) is 11.8. The van der Waals surface area contributed by atoms with Gasteiger partial charge in [0, 0.05) is 18.5 Å². The van der Waals surface area contributed by atoms with Crippen LogP contribution in [0.4, 0.5) is 13.2 Å². The number of amides is 4. The highest BCUT2D eigenvalue weighted by Gasteiger charge is 2.46. The van der Waals surface area contributed by atoms with E-state index in [0.717, 1.165) is 12.8 Å². The molecule has 0 bridgehead atoms. The van der Waals surface area contributed by atoms with Gasteiger partial charge in [-0.3, -0.25) is 24.0 Å². The summed E-state index contributed by atoms with van der Waals surface area (Å²) in [6, 6.07) is 4.80. The van der Waals surface area contributed by atoms with Gasteiger partial charge in [-0.25, -0.2) is 0 Å². The normalized spacial score (nSPS) is 19.6. The lowest BCUT2D eigenvalue weighted by atomic mass is 9.87. The van der Waals surface area contributed by atoms with Crippen LogP contribution in [0.25, 0.3) is 0 Å². The monoisotopic (exact) mass is 566 g/mol. The molecule has 12 heteroatoms. The third-order valence-corrected chi connectivity index (χ3v) is 6.90. The Bertz CT molecular complexity index is 1100. The number of hydrogen-bond donors (Lipinski definition) is 4. The number of carbonyl (C=O) groups is 5. The van der Waals surface area contributed by atoms with E-state index in [1.807, 2.05) is 0 Å². The number of Topliss-reactive ketones (excluding diaryl/α,β-unsaturated/α-hetero) is 1. The van der Waals surface area contributed by atoms with Crippen molar-refractivity contribution in [2.45, 2.75) is 83.6 Å². The molecule has 1 aromatic rings. The zero-order valence-corrected chi connectivity index (χ0v) is 22.9. The number of alkyl halides is 3. The molecule has 220 valence electrons. The maximum Gasteiger partial charge on any atom is 0.400 e. The smallest absolute Gasteiger partial charge is 0.356 e. The van der Waals surface area contributed by atoms with Gasteiger partial charge in [-0.15, -0.1) is 0 Å². The van der Waals surface area contributed by atoms with Gasteiger partial charge in [0.05, 0.1) is 6.04 Å². The van der Waals surface area contributed by atoms with Crippen molar-refractivity contribution in [3.8, 4) is 0 Å². The Kier molecular flexibility index (Phi) is 9.96. The van der Waals surface area contributed by atoms with Crippen LogP contribution in [0, 0.1) is 17.3 Å². The lowest BCUT2D eigenvalue weighted by Crippen LogP contribution is -2.56. The van der Waals surface area contributed by atoms with E-state index in [4.69, 9.17) is 0 Å². The first-order chi connectivity index (χ1) is 18.6. The summed E-state index contributed by atoms with van der Waals surface area (Å²) in [5, 5.41) is 9.93. The number of rotatable bonds is 12. The van der Waals surface area contributed by atoms with Crippen molar-refractivity contribution in [3.05, 3.63) is 35.9 Å². The Balaban J connectivity index is 1.80. The van der Waals surface area contributed by atoms with Gasteiger partial charge in [-0.2, -0.15) is 13.2 Å². The molecule has 0 radical (unpaired) electrons. The van der Waals surface area contributed by atoms with E-state index in [9.17, 15) is 37.1 Å². The van der Waals surface area contributed by atoms with Gasteiger partial charge in [0.2, 0.25) is 23.5 Å². The second-order valence-corrected chi connectivity index (χ2v) is 11.8. The average molecular weight is 567 g/mol. The molecule has 3 rings (SSSR count). The molecule has 0 aromatic heterocycles. The van der Waals surface area contributed by atoms with Crippen molar-refractivity contribution in [2.24, 2.45) is 17.3 Å². The number of hydrogen-bond acceptors (Lipinski definition) is 5. The molecule has 4 amide bonds. The summed E-state index contributed by atoms with van der Waals surface area (Å²) in [6.45, 7) is 5.63. The van der Waals surface area contributed by atoms with Gasteiger partial charge in [0.15, 0.2) is 0 Å². The molecule has 1 aliphatic heterocycles. The molecule has 4 atom stereocenters. The highest BCUT2D eigenvalue weighted by atomic mass is 19.4. The van der Waals surface area contributed by atoms with E-state index in [0.29, 0.717) is 18.5 Å². The molecule has 9 nitrogen and oxygen atoms in total. The fourth-order valence-electron chi connectivity index (χ4n) is 4.60. The first kappa shape index (κ1) is 31.1. The molecule has 1 saturated heterocycles. The van der Waals surface area contributed by atoms with Crippen molar-refractivity contribution in [1.82, 2.24) is 21.3 Å². The van der Waals surface area contributed by atoms with Crippen LogP contribution in [0.3, 0.4) is 0 Å². The fourth-order valence-corrected chi connectivity index (χ4v) is 4.60. The molecule has 1 aliphatic carbocycles. The minimum atomic E-state index is -4.88. The van der Waals surface area contributed by atoms with Gasteiger partial charge in [0.1, 0.15) is 12.0 Å². The second kappa shape index (κ2) is 12.8. The van der Waals surface area contributed by atoms with Crippen LogP contribution in [0.1, 0.15) is 58.4 Å². The molecular weight excluding hydrogens is 529 g/mol. The molecule has 1 unspecified atom stereocenters. The third kappa shape index (κ3) is 9.34. The van der Waals surface area contributed by atoms with Crippen LogP contribution in [0.15, 0.2) is 30.3 Å². The Morgan fingerprint density at radius 3 is 2.10 bits per heavy atom. The third-order valence-electron chi connectivity index (χ3n) is 6.90. The maximum absolute atomic E-state index is 13.9. The topological polar surface area (TPSA) is 133 Å². The minimum absolute atomic E-state index is 0.0421. The quantitative estimate of drug-likeness (QED) is 0.288. The predicted octanol–water partition coefficient (Wildman–Crippen LogP) is 2.19. The van der Waals surface area contributed by atoms with Crippen LogP contribution in [0.2, 0.25) is 0 Å². The zero-order valence-electron chi connectivity index (χ0n) is 22.9. The highest BCUT2D eigenvalue weighted by molar-refractivity contribution is 6.38. The largest absolute Gasteiger partial charge is 0.400 e. The van der Waals surface area contributed by atoms with Crippen molar-refractivity contribution in [1.29, 1.82) is 0 Å². The van der Waals surface area contributed by atoms with Crippen LogP contribution >= 0.6 is 0 Å². The highest BCUT2D eigenvalue weighted by Crippen LogP contribution is 2.30. The van der Waals surface area contributed by atoms with Gasteiger partial charge in [-0.05, 0) is 49.5 Å². The Morgan fingerprint density at radius 1 is 0.950 bits per heavy atom. The molecule has 4 N–H and O–H groups in total. The summed E-state index contributed by atoms with van der Waals surface area (Å²) in [4.78, 5) is 64.1. The molecule has 1 saturated carbocycles. The summed E-state index contributed by atoms with van der Waals surface area (Å²) in [5.41, 5.74) is -0.296. The zero-order chi connectivity index (χ0) is 29.7. The minimum Gasteiger partial charge on any atom is -0.356 e. The number of carbonyl (C=O) groups excluding carboxylic acids is 5. The SMILES string of the molecule is CC(C)(C)C[C@H](NC(=O)[C@@H](Cc1ccccc1)C(F)(F)F)C(=O)NC(C[C@@H]1CCNC1=O)C(=O)C(=O)NC1CC1. The average Bonchev–Trinajstić information content (AvgIpc) is 3.59. The first-order valence-electron chi connectivity index (χ1n) is 13.5. The fraction of sp³-hybridized carbons (Fsp3) is 0.607. The van der Waals surface area contributed by atoms with E-state index < -0.39 is 65.4 Å². The van der Waals surface area contributed by atoms with Crippen molar-refractivity contribution in [2.75, 3.05) is 6.54 Å². The molecule has 2 aliphatic rings. The van der Waals surface area contributed by atoms with Crippen molar-refractivity contribution < 1.29 is 37.1 Å². The summed E-state index contributed by atoms with van der Waals surface area (Å²) in [5.74, 6) is -7.47. The molecule has 40 heavy (non-hydrogen) atoms. The molecule has 1 heterocycles. The van der Waals surface area contributed by atoms with E-state index in [1.54, 1.807) is 39.0 Å². The van der Waals surface area contributed by atoms with Crippen LogP contribution < -0.4 is 21.3 Å². The molecule has 2 fully saturated rings. The van der Waals surface area contributed by atoms with Crippen molar-refractivity contribution in [3.63, 3.8) is 0 Å². The predicted molar refractivity (Wildman–Crippen MR) is 140 cm³/mol. The van der Waals surface area contributed by atoms with Crippen LogP contribution in [-0.2, 0) is 30.4 Å². The number of halogens is 3. The van der Waals surface area contributed by atoms with Gasteiger partial charge in [0.25, 0.3) is 5.91 Å².